The van der Waals surface area contributed by atoms with Crippen LogP contribution in [0.4, 0.5) is 5.69 Å². The molecule has 38 heavy (non-hydrogen) atoms. The van der Waals surface area contributed by atoms with Gasteiger partial charge in [0.25, 0.3) is 5.56 Å². The standard InChI is InChI=1S/C28H28N4O4S2/c1-4-36-22-8-6-5-7-21(22)29-24(34)16-37-28-30-26-25(20-13-14-31(18(3)33)15-23(20)38-26)27(35)32(28)19-11-9-17(2)10-12-19/h5-12H,4,13-16H2,1-3H3,(H,29,34). The molecule has 8 nitrogen and oxygen atoms in total. The van der Waals surface area contributed by atoms with Crippen LogP contribution >= 0.6 is 23.1 Å². The molecule has 196 valence electrons. The maximum absolute atomic E-state index is 14.0. The van der Waals surface area contributed by atoms with Crippen molar-refractivity contribution in [2.24, 2.45) is 0 Å². The average Bonchev–Trinajstić information content (AvgIpc) is 3.27. The number of amides is 2. The molecule has 2 amide bonds. The van der Waals surface area contributed by atoms with Gasteiger partial charge in [-0.25, -0.2) is 4.98 Å². The van der Waals surface area contributed by atoms with Gasteiger partial charge in [0.2, 0.25) is 11.8 Å². The van der Waals surface area contributed by atoms with Crippen molar-refractivity contribution >= 4 is 50.8 Å². The van der Waals surface area contributed by atoms with Crippen molar-refractivity contribution in [1.82, 2.24) is 14.5 Å². The Morgan fingerprint density at radius 2 is 1.92 bits per heavy atom. The number of para-hydroxylation sites is 2. The van der Waals surface area contributed by atoms with E-state index in [1.165, 1.54) is 23.1 Å². The lowest BCUT2D eigenvalue weighted by Gasteiger charge is -2.25. The van der Waals surface area contributed by atoms with Gasteiger partial charge in [-0.05, 0) is 50.1 Å². The number of hydrogen-bond acceptors (Lipinski definition) is 7. The SMILES string of the molecule is CCOc1ccccc1NC(=O)CSc1nc2sc3c(c2c(=O)n1-c1ccc(C)cc1)CCN(C(C)=O)C3. The summed E-state index contributed by atoms with van der Waals surface area (Å²) >= 11 is 2.67. The van der Waals surface area contributed by atoms with Gasteiger partial charge in [0.15, 0.2) is 5.16 Å². The van der Waals surface area contributed by atoms with Gasteiger partial charge in [0, 0.05) is 18.3 Å². The molecule has 0 unspecified atom stereocenters. The highest BCUT2D eigenvalue weighted by molar-refractivity contribution is 7.99. The van der Waals surface area contributed by atoms with Crippen LogP contribution in [0.3, 0.4) is 0 Å². The summed E-state index contributed by atoms with van der Waals surface area (Å²) in [6.07, 6.45) is 0.619. The number of hydrogen-bond donors (Lipinski definition) is 1. The van der Waals surface area contributed by atoms with Gasteiger partial charge in [-0.2, -0.15) is 0 Å². The Bertz CT molecular complexity index is 1580. The fourth-order valence-electron chi connectivity index (χ4n) is 4.48. The summed E-state index contributed by atoms with van der Waals surface area (Å²) in [5.41, 5.74) is 3.19. The molecule has 0 saturated carbocycles. The summed E-state index contributed by atoms with van der Waals surface area (Å²) in [5.74, 6) is 0.460. The van der Waals surface area contributed by atoms with Gasteiger partial charge in [-0.3, -0.25) is 19.0 Å². The second-order valence-corrected chi connectivity index (χ2v) is 11.0. The van der Waals surface area contributed by atoms with Crippen molar-refractivity contribution in [3.63, 3.8) is 0 Å². The highest BCUT2D eigenvalue weighted by atomic mass is 32.2. The Morgan fingerprint density at radius 3 is 2.66 bits per heavy atom. The summed E-state index contributed by atoms with van der Waals surface area (Å²) in [6, 6.07) is 15.0. The van der Waals surface area contributed by atoms with Gasteiger partial charge < -0.3 is 15.0 Å². The van der Waals surface area contributed by atoms with Crippen LogP contribution in [0.5, 0.6) is 5.75 Å². The molecular weight excluding hydrogens is 520 g/mol. The van der Waals surface area contributed by atoms with Crippen molar-refractivity contribution in [3.05, 3.63) is 74.9 Å². The maximum Gasteiger partial charge on any atom is 0.267 e. The molecule has 10 heteroatoms. The molecule has 4 aromatic rings. The number of nitrogens with zero attached hydrogens (tertiary/aromatic N) is 3. The largest absolute Gasteiger partial charge is 0.492 e. The molecule has 1 N–H and O–H groups in total. The van der Waals surface area contributed by atoms with Crippen molar-refractivity contribution in [2.45, 2.75) is 38.9 Å². The van der Waals surface area contributed by atoms with Crippen LogP contribution in [-0.2, 0) is 22.6 Å². The Hall–Kier alpha value is -3.63. The van der Waals surface area contributed by atoms with Crippen LogP contribution in [0, 0.1) is 6.92 Å². The van der Waals surface area contributed by atoms with E-state index in [1.807, 2.05) is 56.3 Å². The Kier molecular flexibility index (Phi) is 7.53. The van der Waals surface area contributed by atoms with E-state index in [4.69, 9.17) is 9.72 Å². The Morgan fingerprint density at radius 1 is 1.16 bits per heavy atom. The van der Waals surface area contributed by atoms with Gasteiger partial charge in [0.1, 0.15) is 10.6 Å². The summed E-state index contributed by atoms with van der Waals surface area (Å²) in [4.78, 5) is 47.1. The van der Waals surface area contributed by atoms with Crippen molar-refractivity contribution in [2.75, 3.05) is 24.2 Å². The smallest absolute Gasteiger partial charge is 0.267 e. The molecule has 0 saturated heterocycles. The highest BCUT2D eigenvalue weighted by Crippen LogP contribution is 2.34. The number of thioether (sulfide) groups is 1. The summed E-state index contributed by atoms with van der Waals surface area (Å²) < 4.78 is 7.21. The predicted octanol–water partition coefficient (Wildman–Crippen LogP) is 4.79. The first-order valence-electron chi connectivity index (χ1n) is 12.4. The fraction of sp³-hybridized carbons (Fsp3) is 0.286. The van der Waals surface area contributed by atoms with Crippen LogP contribution in [0.1, 0.15) is 29.9 Å². The van der Waals surface area contributed by atoms with Gasteiger partial charge in [-0.1, -0.05) is 41.6 Å². The summed E-state index contributed by atoms with van der Waals surface area (Å²) in [6.45, 7) is 7.00. The van der Waals surface area contributed by atoms with Crippen molar-refractivity contribution in [1.29, 1.82) is 0 Å². The predicted molar refractivity (Wildman–Crippen MR) is 152 cm³/mol. The zero-order valence-corrected chi connectivity index (χ0v) is 23.1. The molecule has 0 atom stereocenters. The number of nitrogens with one attached hydrogen (secondary N) is 1. The molecule has 0 spiro atoms. The van der Waals surface area contributed by atoms with Gasteiger partial charge in [0.05, 0.1) is 35.7 Å². The van der Waals surface area contributed by atoms with E-state index in [0.717, 1.165) is 16.0 Å². The molecule has 0 fully saturated rings. The molecule has 0 bridgehead atoms. The minimum absolute atomic E-state index is 0.0197. The molecule has 2 aromatic heterocycles. The number of rotatable bonds is 7. The van der Waals surface area contributed by atoms with E-state index in [-0.39, 0.29) is 23.1 Å². The third-order valence-electron chi connectivity index (χ3n) is 6.37. The number of aromatic nitrogens is 2. The molecule has 1 aliphatic rings. The van der Waals surface area contributed by atoms with E-state index < -0.39 is 0 Å². The first kappa shape index (κ1) is 26.0. The molecule has 1 aliphatic heterocycles. The molecule has 3 heterocycles. The van der Waals surface area contributed by atoms with Crippen LogP contribution in [0.25, 0.3) is 15.9 Å². The molecule has 0 aliphatic carbocycles. The highest BCUT2D eigenvalue weighted by Gasteiger charge is 2.27. The number of ether oxygens (including phenoxy) is 1. The zero-order valence-electron chi connectivity index (χ0n) is 21.4. The minimum atomic E-state index is -0.227. The van der Waals surface area contributed by atoms with Crippen LogP contribution in [0.2, 0.25) is 0 Å². The minimum Gasteiger partial charge on any atom is -0.492 e. The number of aryl methyl sites for hydroxylation is 1. The number of carbonyl (C=O) groups is 2. The monoisotopic (exact) mass is 548 g/mol. The van der Waals surface area contributed by atoms with Crippen molar-refractivity contribution in [3.8, 4) is 11.4 Å². The van der Waals surface area contributed by atoms with Crippen LogP contribution in [-0.4, -0.2) is 45.2 Å². The summed E-state index contributed by atoms with van der Waals surface area (Å²) in [7, 11) is 0. The second kappa shape index (κ2) is 11.0. The van der Waals surface area contributed by atoms with Crippen LogP contribution < -0.4 is 15.6 Å². The number of fused-ring (bicyclic) bond motifs is 3. The number of anilines is 1. The lowest BCUT2D eigenvalue weighted by molar-refractivity contribution is -0.129. The lowest BCUT2D eigenvalue weighted by Crippen LogP contribution is -2.34. The van der Waals surface area contributed by atoms with Gasteiger partial charge >= 0.3 is 0 Å². The molecule has 5 rings (SSSR count). The van der Waals surface area contributed by atoms with Crippen LogP contribution in [0.15, 0.2) is 58.5 Å². The topological polar surface area (TPSA) is 93.5 Å². The third kappa shape index (κ3) is 5.19. The van der Waals surface area contributed by atoms with Gasteiger partial charge in [-0.15, -0.1) is 11.3 Å². The van der Waals surface area contributed by atoms with E-state index in [1.54, 1.807) is 22.5 Å². The van der Waals surface area contributed by atoms with E-state index >= 15 is 0 Å². The average molecular weight is 549 g/mol. The third-order valence-corrected chi connectivity index (χ3v) is 8.42. The quantitative estimate of drug-likeness (QED) is 0.264. The number of benzene rings is 2. The van der Waals surface area contributed by atoms with Crippen molar-refractivity contribution < 1.29 is 14.3 Å². The molecule has 2 aromatic carbocycles. The normalized spacial score (nSPS) is 12.9. The first-order valence-corrected chi connectivity index (χ1v) is 14.2. The van der Waals surface area contributed by atoms with E-state index in [9.17, 15) is 14.4 Å². The van der Waals surface area contributed by atoms with E-state index in [0.29, 0.717) is 58.6 Å². The Labute approximate surface area is 228 Å². The fourth-order valence-corrected chi connectivity index (χ4v) is 6.57. The number of thiophene rings is 1. The molecular formula is C28H28N4O4S2. The van der Waals surface area contributed by atoms with E-state index in [2.05, 4.69) is 5.32 Å². The first-order chi connectivity index (χ1) is 18.4. The number of carbonyl (C=O) groups excluding carboxylic acids is 2. The molecule has 0 radical (unpaired) electrons. The summed E-state index contributed by atoms with van der Waals surface area (Å²) in [5, 5.41) is 3.96. The lowest BCUT2D eigenvalue weighted by atomic mass is 10.1. The Balaban J connectivity index is 1.50. The maximum atomic E-state index is 14.0. The second-order valence-electron chi connectivity index (χ2n) is 9.01. The zero-order chi connectivity index (χ0) is 26.8.